The van der Waals surface area contributed by atoms with E-state index in [1.165, 1.54) is 0 Å². The summed E-state index contributed by atoms with van der Waals surface area (Å²) in [6.07, 6.45) is 0. The zero-order valence-electron chi connectivity index (χ0n) is 26.1. The first-order valence-corrected chi connectivity index (χ1v) is 16.2. The third-order valence-electron chi connectivity index (χ3n) is 9.01. The van der Waals surface area contributed by atoms with Crippen LogP contribution < -0.4 is 0 Å². The molecule has 0 fully saturated rings. The Morgan fingerprint density at radius 3 is 1.63 bits per heavy atom. The lowest BCUT2D eigenvalue weighted by Crippen LogP contribution is -2.00. The molecular weight excluding hydrogens is 605 g/mol. The van der Waals surface area contributed by atoms with Crippen LogP contribution in [0.15, 0.2) is 162 Å². The van der Waals surface area contributed by atoms with Crippen LogP contribution in [0.3, 0.4) is 0 Å². The molecule has 0 atom stereocenters. The van der Waals surface area contributed by atoms with Gasteiger partial charge < -0.3 is 4.42 Å². The second kappa shape index (κ2) is 10.9. The van der Waals surface area contributed by atoms with Crippen LogP contribution in [-0.2, 0) is 0 Å². The molecule has 0 radical (unpaired) electrons. The molecule has 6 aromatic carbocycles. The third-order valence-corrected chi connectivity index (χ3v) is 9.01. The van der Waals surface area contributed by atoms with Gasteiger partial charge in [0.15, 0.2) is 17.5 Å². The second-order valence-electron chi connectivity index (χ2n) is 12.0. The van der Waals surface area contributed by atoms with E-state index in [0.717, 1.165) is 72.5 Å². The molecule has 7 nitrogen and oxygen atoms in total. The standard InChI is InChI=1S/C42H26N6O/c1-4-12-28(13-5-1)38-44-39(29-14-6-2-7-15-29)46-40(45-38)30-22-20-27(21-23-30)31-24-25-35-34(26-31)43-42-47(32-16-8-3-9-17-32)41-37(48(35)42)33-18-10-11-19-36(33)49-41/h1-26H. The summed E-state index contributed by atoms with van der Waals surface area (Å²) in [4.78, 5) is 19.8. The molecule has 0 aliphatic heterocycles. The van der Waals surface area contributed by atoms with Crippen molar-refractivity contribution in [1.82, 2.24) is 28.9 Å². The number of furan rings is 1. The molecule has 4 heterocycles. The predicted molar refractivity (Wildman–Crippen MR) is 194 cm³/mol. The maximum atomic E-state index is 6.42. The van der Waals surface area contributed by atoms with Gasteiger partial charge in [0.25, 0.3) is 0 Å². The smallest absolute Gasteiger partial charge is 0.232 e. The Morgan fingerprint density at radius 1 is 0.449 bits per heavy atom. The van der Waals surface area contributed by atoms with E-state index >= 15 is 0 Å². The number of imidazole rings is 2. The minimum atomic E-state index is 0.629. The van der Waals surface area contributed by atoms with Crippen LogP contribution >= 0.6 is 0 Å². The van der Waals surface area contributed by atoms with Gasteiger partial charge in [-0.05, 0) is 47.5 Å². The number of fused-ring (bicyclic) bond motifs is 7. The number of para-hydroxylation sites is 2. The minimum Gasteiger partial charge on any atom is -0.437 e. The molecule has 10 aromatic rings. The summed E-state index contributed by atoms with van der Waals surface area (Å²) in [7, 11) is 0. The van der Waals surface area contributed by atoms with Crippen molar-refractivity contribution in [3.63, 3.8) is 0 Å². The van der Waals surface area contributed by atoms with Crippen molar-refractivity contribution in [2.75, 3.05) is 0 Å². The van der Waals surface area contributed by atoms with E-state index in [4.69, 9.17) is 24.4 Å². The summed E-state index contributed by atoms with van der Waals surface area (Å²) in [5, 5.41) is 1.06. The number of aromatic nitrogens is 6. The lowest BCUT2D eigenvalue weighted by Gasteiger charge is -2.09. The molecule has 0 saturated carbocycles. The van der Waals surface area contributed by atoms with E-state index in [1.54, 1.807) is 0 Å². The lowest BCUT2D eigenvalue weighted by molar-refractivity contribution is 0.645. The van der Waals surface area contributed by atoms with Crippen molar-refractivity contribution in [3.05, 3.63) is 158 Å². The molecule has 49 heavy (non-hydrogen) atoms. The monoisotopic (exact) mass is 630 g/mol. The summed E-state index contributed by atoms with van der Waals surface area (Å²) < 4.78 is 10.7. The number of rotatable bonds is 5. The van der Waals surface area contributed by atoms with Crippen molar-refractivity contribution < 1.29 is 4.42 Å². The van der Waals surface area contributed by atoms with E-state index in [-0.39, 0.29) is 0 Å². The van der Waals surface area contributed by atoms with Gasteiger partial charge in [-0.25, -0.2) is 24.5 Å². The molecule has 0 amide bonds. The molecule has 0 unspecified atom stereocenters. The van der Waals surface area contributed by atoms with E-state index < -0.39 is 0 Å². The predicted octanol–water partition coefficient (Wildman–Crippen LogP) is 10.0. The van der Waals surface area contributed by atoms with Crippen LogP contribution in [0.4, 0.5) is 0 Å². The number of hydrogen-bond acceptors (Lipinski definition) is 5. The molecule has 0 N–H and O–H groups in total. The molecular formula is C42H26N6O. The normalized spacial score (nSPS) is 11.7. The highest BCUT2D eigenvalue weighted by molar-refractivity contribution is 6.06. The van der Waals surface area contributed by atoms with Gasteiger partial charge in [0, 0.05) is 22.1 Å². The zero-order valence-corrected chi connectivity index (χ0v) is 26.1. The average molecular weight is 631 g/mol. The van der Waals surface area contributed by atoms with Crippen LogP contribution in [-0.4, -0.2) is 28.9 Å². The van der Waals surface area contributed by atoms with Crippen LogP contribution in [0.25, 0.3) is 90.0 Å². The lowest BCUT2D eigenvalue weighted by atomic mass is 10.0. The fourth-order valence-corrected chi connectivity index (χ4v) is 6.65. The van der Waals surface area contributed by atoms with Crippen LogP contribution in [0.2, 0.25) is 0 Å². The van der Waals surface area contributed by atoms with Crippen molar-refractivity contribution in [3.8, 4) is 51.0 Å². The van der Waals surface area contributed by atoms with Crippen molar-refractivity contribution in [2.24, 2.45) is 0 Å². The fourth-order valence-electron chi connectivity index (χ4n) is 6.65. The first-order valence-electron chi connectivity index (χ1n) is 16.2. The van der Waals surface area contributed by atoms with Gasteiger partial charge >= 0.3 is 0 Å². The number of benzene rings is 6. The van der Waals surface area contributed by atoms with E-state index in [9.17, 15) is 0 Å². The Kier molecular flexibility index (Phi) is 6.04. The number of nitrogens with zero attached hydrogens (tertiary/aromatic N) is 6. The maximum Gasteiger partial charge on any atom is 0.232 e. The highest BCUT2D eigenvalue weighted by Gasteiger charge is 2.23. The van der Waals surface area contributed by atoms with E-state index in [0.29, 0.717) is 17.5 Å². The first-order chi connectivity index (χ1) is 24.3. The Hall–Kier alpha value is -6.86. The zero-order chi connectivity index (χ0) is 32.3. The molecule has 7 heteroatoms. The van der Waals surface area contributed by atoms with Crippen molar-refractivity contribution in [1.29, 1.82) is 0 Å². The Labute approximate surface area is 280 Å². The van der Waals surface area contributed by atoms with Crippen molar-refractivity contribution in [2.45, 2.75) is 0 Å². The van der Waals surface area contributed by atoms with Crippen molar-refractivity contribution >= 4 is 39.0 Å². The Morgan fingerprint density at radius 2 is 0.980 bits per heavy atom. The largest absolute Gasteiger partial charge is 0.437 e. The minimum absolute atomic E-state index is 0.629. The Bertz CT molecular complexity index is 2740. The molecule has 0 spiro atoms. The highest BCUT2D eigenvalue weighted by Crippen LogP contribution is 2.37. The maximum absolute atomic E-state index is 6.42. The topological polar surface area (TPSA) is 74.0 Å². The quantitative estimate of drug-likeness (QED) is 0.189. The van der Waals surface area contributed by atoms with Gasteiger partial charge in [-0.3, -0.25) is 4.40 Å². The van der Waals surface area contributed by atoms with E-state index in [1.807, 2.05) is 97.1 Å². The molecule has 230 valence electrons. The van der Waals surface area contributed by atoms with Crippen LogP contribution in [0.1, 0.15) is 0 Å². The molecule has 0 saturated heterocycles. The van der Waals surface area contributed by atoms with Gasteiger partial charge in [-0.2, -0.15) is 0 Å². The summed E-state index contributed by atoms with van der Waals surface area (Å²) in [5.41, 5.74) is 10.5. The van der Waals surface area contributed by atoms with Gasteiger partial charge in [0.1, 0.15) is 11.1 Å². The fraction of sp³-hybridized carbons (Fsp3) is 0. The van der Waals surface area contributed by atoms with Gasteiger partial charge in [-0.1, -0.05) is 121 Å². The van der Waals surface area contributed by atoms with Gasteiger partial charge in [0.05, 0.1) is 16.7 Å². The molecule has 0 aliphatic carbocycles. The average Bonchev–Trinajstić information content (AvgIpc) is 3.82. The second-order valence-corrected chi connectivity index (χ2v) is 12.0. The molecule has 10 rings (SSSR count). The highest BCUT2D eigenvalue weighted by atomic mass is 16.3. The molecule has 4 aromatic heterocycles. The summed E-state index contributed by atoms with van der Waals surface area (Å²) in [5.74, 6) is 2.73. The Balaban J connectivity index is 1.08. The van der Waals surface area contributed by atoms with Gasteiger partial charge in [-0.15, -0.1) is 0 Å². The third kappa shape index (κ3) is 4.44. The summed E-state index contributed by atoms with van der Waals surface area (Å²) >= 11 is 0. The summed E-state index contributed by atoms with van der Waals surface area (Å²) in [6, 6.07) is 53.3. The van der Waals surface area contributed by atoms with Crippen LogP contribution in [0.5, 0.6) is 0 Å². The van der Waals surface area contributed by atoms with E-state index in [2.05, 4.69) is 69.6 Å². The summed E-state index contributed by atoms with van der Waals surface area (Å²) in [6.45, 7) is 0. The first kappa shape index (κ1) is 27.3. The van der Waals surface area contributed by atoms with Crippen LogP contribution in [0, 0.1) is 0 Å². The molecule has 0 bridgehead atoms. The SMILES string of the molecule is c1ccc(-c2nc(-c3ccccc3)nc(-c3ccc(-c4ccc5c(c4)nc4n(-c6ccccc6)c6oc7ccccc7c6n54)cc3)n2)cc1. The molecule has 0 aliphatic rings. The number of hydrogen-bond donors (Lipinski definition) is 0. The van der Waals surface area contributed by atoms with Gasteiger partial charge in [0.2, 0.25) is 11.5 Å².